The average Bonchev–Trinajstić information content (AvgIpc) is 2.62. The first kappa shape index (κ1) is 18.2. The predicted molar refractivity (Wildman–Crippen MR) is 105 cm³/mol. The van der Waals surface area contributed by atoms with Gasteiger partial charge in [-0.05, 0) is 54.4 Å². The van der Waals surface area contributed by atoms with Crippen molar-refractivity contribution in [3.05, 3.63) is 52.5 Å². The topological polar surface area (TPSA) is 66.6 Å². The molecule has 1 aliphatic heterocycles. The van der Waals surface area contributed by atoms with E-state index in [9.17, 15) is 8.42 Å². The van der Waals surface area contributed by atoms with Gasteiger partial charge >= 0.3 is 0 Å². The maximum Gasteiger partial charge on any atom is 0.243 e. The van der Waals surface area contributed by atoms with Gasteiger partial charge in [-0.1, -0.05) is 22.9 Å². The van der Waals surface area contributed by atoms with Crippen LogP contribution >= 0.6 is 15.9 Å². The van der Waals surface area contributed by atoms with E-state index in [-0.39, 0.29) is 0 Å². The van der Waals surface area contributed by atoms with Crippen LogP contribution in [0.1, 0.15) is 12.5 Å². The van der Waals surface area contributed by atoms with Crippen LogP contribution < -0.4 is 10.6 Å². The maximum atomic E-state index is 12.8. The van der Waals surface area contributed by atoms with Gasteiger partial charge in [0, 0.05) is 42.0 Å². The fourth-order valence-corrected chi connectivity index (χ4v) is 4.93. The second-order valence-electron chi connectivity index (χ2n) is 6.09. The van der Waals surface area contributed by atoms with Gasteiger partial charge in [0.25, 0.3) is 0 Å². The lowest BCUT2D eigenvalue weighted by atomic mass is 10.1. The van der Waals surface area contributed by atoms with Gasteiger partial charge in [0.2, 0.25) is 10.0 Å². The summed E-state index contributed by atoms with van der Waals surface area (Å²) in [7, 11) is -3.46. The number of halogens is 1. The Balaban J connectivity index is 1.74. The number of nitrogens with two attached hydrogens (primary N) is 1. The number of nitrogens with zero attached hydrogens (tertiary/aromatic N) is 2. The van der Waals surface area contributed by atoms with Gasteiger partial charge in [-0.3, -0.25) is 0 Å². The van der Waals surface area contributed by atoms with Crippen LogP contribution in [0.4, 0.5) is 11.4 Å². The largest absolute Gasteiger partial charge is 0.399 e. The number of rotatable bonds is 4. The van der Waals surface area contributed by atoms with Crippen LogP contribution in [0.25, 0.3) is 0 Å². The highest BCUT2D eigenvalue weighted by Crippen LogP contribution is 2.27. The lowest BCUT2D eigenvalue weighted by molar-refractivity contribution is 0.384. The first-order valence-electron chi connectivity index (χ1n) is 8.31. The molecule has 0 aromatic heterocycles. The molecule has 134 valence electrons. The molecule has 0 radical (unpaired) electrons. The minimum Gasteiger partial charge on any atom is -0.399 e. The monoisotopic (exact) mass is 423 g/mol. The minimum atomic E-state index is -3.46. The van der Waals surface area contributed by atoms with Gasteiger partial charge in [0.05, 0.1) is 4.90 Å². The zero-order valence-corrected chi connectivity index (χ0v) is 16.6. The summed E-state index contributed by atoms with van der Waals surface area (Å²) in [6.45, 7) is 4.45. The molecule has 0 amide bonds. The van der Waals surface area contributed by atoms with Gasteiger partial charge in [-0.15, -0.1) is 0 Å². The smallest absolute Gasteiger partial charge is 0.243 e. The number of benzene rings is 2. The van der Waals surface area contributed by atoms with Crippen molar-refractivity contribution in [3.63, 3.8) is 0 Å². The van der Waals surface area contributed by atoms with E-state index in [2.05, 4.69) is 39.9 Å². The maximum absolute atomic E-state index is 12.8. The van der Waals surface area contributed by atoms with E-state index >= 15 is 0 Å². The molecule has 0 bridgehead atoms. The van der Waals surface area contributed by atoms with Crippen molar-refractivity contribution in [1.82, 2.24) is 4.31 Å². The molecular formula is C18H22BrN3O2S. The molecule has 1 aliphatic rings. The van der Waals surface area contributed by atoms with Crippen molar-refractivity contribution in [1.29, 1.82) is 0 Å². The molecule has 1 heterocycles. The van der Waals surface area contributed by atoms with Crippen molar-refractivity contribution in [2.45, 2.75) is 18.2 Å². The summed E-state index contributed by atoms with van der Waals surface area (Å²) in [5.74, 6) is 0. The molecule has 1 fully saturated rings. The van der Waals surface area contributed by atoms with E-state index in [1.807, 2.05) is 6.07 Å². The Morgan fingerprint density at radius 1 is 1.04 bits per heavy atom. The van der Waals surface area contributed by atoms with Crippen LogP contribution in [0.15, 0.2) is 51.8 Å². The number of sulfonamides is 1. The third-order valence-electron chi connectivity index (χ3n) is 4.52. The summed E-state index contributed by atoms with van der Waals surface area (Å²) in [4.78, 5) is 2.56. The third kappa shape index (κ3) is 3.83. The Morgan fingerprint density at radius 3 is 2.28 bits per heavy atom. The lowest BCUT2D eigenvalue weighted by Gasteiger charge is -2.36. The second kappa shape index (κ2) is 7.35. The average molecular weight is 424 g/mol. The van der Waals surface area contributed by atoms with E-state index in [1.54, 1.807) is 28.6 Å². The molecule has 0 saturated carbocycles. The Kier molecular flexibility index (Phi) is 5.36. The van der Waals surface area contributed by atoms with Crippen LogP contribution in [0.5, 0.6) is 0 Å². The van der Waals surface area contributed by atoms with Crippen molar-refractivity contribution < 1.29 is 8.42 Å². The van der Waals surface area contributed by atoms with Gasteiger partial charge in [0.1, 0.15) is 0 Å². The van der Waals surface area contributed by atoms with Crippen LogP contribution in [0.2, 0.25) is 0 Å². The first-order chi connectivity index (χ1) is 11.9. The molecule has 1 saturated heterocycles. The zero-order chi connectivity index (χ0) is 18.0. The molecule has 2 aromatic rings. The van der Waals surface area contributed by atoms with Gasteiger partial charge in [0.15, 0.2) is 0 Å². The lowest BCUT2D eigenvalue weighted by Crippen LogP contribution is -2.48. The molecule has 3 rings (SSSR count). The predicted octanol–water partition coefficient (Wildman–Crippen LogP) is 3.10. The van der Waals surface area contributed by atoms with Gasteiger partial charge in [-0.25, -0.2) is 8.42 Å². The SMILES string of the molecule is CCc1cc(Br)ccc1N1CCN(S(=O)(=O)c2ccc(N)cc2)CC1. The fourth-order valence-electron chi connectivity index (χ4n) is 3.10. The van der Waals surface area contributed by atoms with E-state index in [1.165, 1.54) is 11.3 Å². The Morgan fingerprint density at radius 2 is 1.68 bits per heavy atom. The zero-order valence-electron chi connectivity index (χ0n) is 14.2. The number of hydrogen-bond donors (Lipinski definition) is 1. The summed E-state index contributed by atoms with van der Waals surface area (Å²) >= 11 is 3.51. The Labute approximate surface area is 157 Å². The summed E-state index contributed by atoms with van der Waals surface area (Å²) in [5.41, 5.74) is 8.67. The van der Waals surface area contributed by atoms with Crippen LogP contribution in [-0.2, 0) is 16.4 Å². The second-order valence-corrected chi connectivity index (χ2v) is 8.94. The highest BCUT2D eigenvalue weighted by Gasteiger charge is 2.29. The molecule has 2 N–H and O–H groups in total. The molecule has 2 aromatic carbocycles. The molecule has 25 heavy (non-hydrogen) atoms. The fraction of sp³-hybridized carbons (Fsp3) is 0.333. The number of piperazine rings is 1. The standard InChI is InChI=1S/C18H22BrN3O2S/c1-2-14-13-15(19)3-8-18(14)21-9-11-22(12-10-21)25(23,24)17-6-4-16(20)5-7-17/h3-8,13H,2,9-12,20H2,1H3. The van der Waals surface area contributed by atoms with Gasteiger partial charge < -0.3 is 10.6 Å². The third-order valence-corrected chi connectivity index (χ3v) is 6.93. The van der Waals surface area contributed by atoms with Crippen molar-refractivity contribution in [2.75, 3.05) is 36.8 Å². The number of hydrogen-bond acceptors (Lipinski definition) is 4. The molecule has 0 atom stereocenters. The number of anilines is 2. The van der Waals surface area contributed by atoms with Crippen molar-refractivity contribution >= 4 is 37.3 Å². The summed E-state index contributed by atoms with van der Waals surface area (Å²) in [6, 6.07) is 12.7. The normalized spacial score (nSPS) is 16.2. The number of nitrogen functional groups attached to an aromatic ring is 1. The van der Waals surface area contributed by atoms with Crippen LogP contribution in [-0.4, -0.2) is 38.9 Å². The van der Waals surface area contributed by atoms with Gasteiger partial charge in [-0.2, -0.15) is 4.31 Å². The van der Waals surface area contributed by atoms with Crippen LogP contribution in [0, 0.1) is 0 Å². The molecule has 7 heteroatoms. The van der Waals surface area contributed by atoms with E-state index < -0.39 is 10.0 Å². The summed E-state index contributed by atoms with van der Waals surface area (Å²) in [6.07, 6.45) is 0.943. The molecule has 0 spiro atoms. The molecule has 0 unspecified atom stereocenters. The quantitative estimate of drug-likeness (QED) is 0.767. The molecule has 0 aliphatic carbocycles. The first-order valence-corrected chi connectivity index (χ1v) is 10.5. The highest BCUT2D eigenvalue weighted by molar-refractivity contribution is 9.10. The Hall–Kier alpha value is -1.57. The van der Waals surface area contributed by atoms with E-state index in [4.69, 9.17) is 5.73 Å². The Bertz CT molecular complexity index is 845. The summed E-state index contributed by atoms with van der Waals surface area (Å²) < 4.78 is 28.2. The summed E-state index contributed by atoms with van der Waals surface area (Å²) in [5, 5.41) is 0. The highest BCUT2D eigenvalue weighted by atomic mass is 79.9. The molecular weight excluding hydrogens is 402 g/mol. The van der Waals surface area contributed by atoms with E-state index in [0.717, 1.165) is 10.9 Å². The van der Waals surface area contributed by atoms with Crippen molar-refractivity contribution in [3.8, 4) is 0 Å². The molecule has 5 nitrogen and oxygen atoms in total. The minimum absolute atomic E-state index is 0.299. The number of aryl methyl sites for hydroxylation is 1. The van der Waals surface area contributed by atoms with Crippen LogP contribution in [0.3, 0.4) is 0 Å². The van der Waals surface area contributed by atoms with Crippen molar-refractivity contribution in [2.24, 2.45) is 0 Å². The van der Waals surface area contributed by atoms with E-state index in [0.29, 0.717) is 36.8 Å².